The van der Waals surface area contributed by atoms with E-state index < -0.39 is 6.10 Å². The molecule has 0 aliphatic heterocycles. The van der Waals surface area contributed by atoms with Crippen LogP contribution in [0.4, 0.5) is 0 Å². The van der Waals surface area contributed by atoms with Gasteiger partial charge in [-0.25, -0.2) is 0 Å². The number of nitrogens with zero attached hydrogens (tertiary/aromatic N) is 2. The van der Waals surface area contributed by atoms with Crippen LogP contribution in [0.3, 0.4) is 0 Å². The molecule has 1 atom stereocenters. The molecule has 1 aromatic rings. The van der Waals surface area contributed by atoms with Crippen LogP contribution >= 0.6 is 22.9 Å². The van der Waals surface area contributed by atoms with Gasteiger partial charge in [-0.15, -0.1) is 10.2 Å². The van der Waals surface area contributed by atoms with E-state index in [4.69, 9.17) is 16.7 Å². The first-order valence-corrected chi connectivity index (χ1v) is 3.56. The highest BCUT2D eigenvalue weighted by atomic mass is 35.5. The van der Waals surface area contributed by atoms with Crippen molar-refractivity contribution in [2.75, 3.05) is 0 Å². The molecule has 0 fully saturated rings. The predicted octanol–water partition coefficient (Wildman–Crippen LogP) is 1.24. The minimum absolute atomic E-state index is 0.367. The van der Waals surface area contributed by atoms with Gasteiger partial charge in [0.2, 0.25) is 4.47 Å². The van der Waals surface area contributed by atoms with Crippen molar-refractivity contribution in [3.8, 4) is 0 Å². The Bertz CT molecular complexity index is 200. The summed E-state index contributed by atoms with van der Waals surface area (Å²) in [7, 11) is 0. The van der Waals surface area contributed by atoms with E-state index in [1.54, 1.807) is 6.92 Å². The van der Waals surface area contributed by atoms with Crippen molar-refractivity contribution in [1.82, 2.24) is 10.2 Å². The number of halogens is 1. The fourth-order valence-electron chi connectivity index (χ4n) is 0.385. The Balaban J connectivity index is 2.85. The summed E-state index contributed by atoms with van der Waals surface area (Å²) >= 11 is 6.63. The maximum absolute atomic E-state index is 8.89. The minimum atomic E-state index is -0.560. The van der Waals surface area contributed by atoms with Crippen LogP contribution in [0.15, 0.2) is 0 Å². The average molecular weight is 165 g/mol. The summed E-state index contributed by atoms with van der Waals surface area (Å²) in [5.41, 5.74) is 0. The quantitative estimate of drug-likeness (QED) is 0.680. The van der Waals surface area contributed by atoms with E-state index in [0.29, 0.717) is 9.47 Å². The molecule has 1 aromatic heterocycles. The lowest BCUT2D eigenvalue weighted by molar-refractivity contribution is 0.198. The second-order valence-corrected chi connectivity index (χ2v) is 3.16. The molecule has 3 nitrogen and oxygen atoms in total. The Morgan fingerprint density at radius 2 is 2.33 bits per heavy atom. The molecule has 0 aliphatic rings. The van der Waals surface area contributed by atoms with Crippen LogP contribution in [0, 0.1) is 0 Å². The Hall–Kier alpha value is -0.190. The summed E-state index contributed by atoms with van der Waals surface area (Å²) < 4.78 is 0.367. The van der Waals surface area contributed by atoms with Crippen LogP contribution in [0.5, 0.6) is 0 Å². The lowest BCUT2D eigenvalue weighted by atomic mass is 10.4. The molecule has 0 saturated heterocycles. The van der Waals surface area contributed by atoms with Gasteiger partial charge in [0, 0.05) is 0 Å². The topological polar surface area (TPSA) is 46.0 Å². The third-order valence-corrected chi connectivity index (χ3v) is 1.96. The standard InChI is InChI=1S/C4H5ClN2OS/c1-2(8)3-6-7-4(5)9-3/h2,8H,1H3. The van der Waals surface area contributed by atoms with Gasteiger partial charge in [-0.1, -0.05) is 11.3 Å². The molecule has 0 spiro atoms. The first-order valence-electron chi connectivity index (χ1n) is 2.37. The highest BCUT2D eigenvalue weighted by molar-refractivity contribution is 7.15. The van der Waals surface area contributed by atoms with E-state index in [1.165, 1.54) is 11.3 Å². The average Bonchev–Trinajstić information content (AvgIpc) is 2.14. The van der Waals surface area contributed by atoms with E-state index in [0.717, 1.165) is 0 Å². The molecule has 50 valence electrons. The van der Waals surface area contributed by atoms with Gasteiger partial charge in [0.25, 0.3) is 0 Å². The van der Waals surface area contributed by atoms with Crippen molar-refractivity contribution in [2.45, 2.75) is 13.0 Å². The van der Waals surface area contributed by atoms with Gasteiger partial charge >= 0.3 is 0 Å². The van der Waals surface area contributed by atoms with E-state index in [2.05, 4.69) is 10.2 Å². The molecule has 9 heavy (non-hydrogen) atoms. The number of aliphatic hydroxyl groups excluding tert-OH is 1. The van der Waals surface area contributed by atoms with Gasteiger partial charge in [0.05, 0.1) is 0 Å². The Kier molecular flexibility index (Phi) is 2.00. The number of aliphatic hydroxyl groups is 1. The summed E-state index contributed by atoms with van der Waals surface area (Å²) in [6.07, 6.45) is -0.560. The summed E-state index contributed by atoms with van der Waals surface area (Å²) in [6, 6.07) is 0. The lowest BCUT2D eigenvalue weighted by Gasteiger charge is -1.92. The molecule has 0 aromatic carbocycles. The van der Waals surface area contributed by atoms with E-state index in [1.807, 2.05) is 0 Å². The van der Waals surface area contributed by atoms with Crippen LogP contribution in [0.25, 0.3) is 0 Å². The van der Waals surface area contributed by atoms with Crippen molar-refractivity contribution in [3.63, 3.8) is 0 Å². The Morgan fingerprint density at radius 3 is 2.56 bits per heavy atom. The highest BCUT2D eigenvalue weighted by Crippen LogP contribution is 2.20. The Labute approximate surface area is 61.3 Å². The van der Waals surface area contributed by atoms with Crippen molar-refractivity contribution in [1.29, 1.82) is 0 Å². The van der Waals surface area contributed by atoms with Crippen LogP contribution in [-0.4, -0.2) is 15.3 Å². The number of hydrogen-bond donors (Lipinski definition) is 1. The predicted molar refractivity (Wildman–Crippen MR) is 35.6 cm³/mol. The maximum atomic E-state index is 8.89. The van der Waals surface area contributed by atoms with Crippen molar-refractivity contribution in [2.24, 2.45) is 0 Å². The second-order valence-electron chi connectivity index (χ2n) is 1.57. The summed E-state index contributed by atoms with van der Waals surface area (Å²) in [5.74, 6) is 0. The van der Waals surface area contributed by atoms with Gasteiger partial charge in [0.1, 0.15) is 11.1 Å². The molecule has 0 amide bonds. The van der Waals surface area contributed by atoms with Crippen LogP contribution in [0.1, 0.15) is 18.0 Å². The molecular formula is C4H5ClN2OS. The Morgan fingerprint density at radius 1 is 1.67 bits per heavy atom. The number of aromatic nitrogens is 2. The number of rotatable bonds is 1. The van der Waals surface area contributed by atoms with Crippen LogP contribution in [0.2, 0.25) is 4.47 Å². The third kappa shape index (κ3) is 1.61. The minimum Gasteiger partial charge on any atom is -0.386 e. The zero-order valence-corrected chi connectivity index (χ0v) is 6.28. The number of hydrogen-bond acceptors (Lipinski definition) is 4. The summed E-state index contributed by atoms with van der Waals surface area (Å²) in [4.78, 5) is 0. The fraction of sp³-hybridized carbons (Fsp3) is 0.500. The monoisotopic (exact) mass is 164 g/mol. The van der Waals surface area contributed by atoms with Gasteiger partial charge in [-0.05, 0) is 18.5 Å². The maximum Gasteiger partial charge on any atom is 0.207 e. The third-order valence-electron chi connectivity index (χ3n) is 0.773. The molecule has 1 N–H and O–H groups in total. The first-order chi connectivity index (χ1) is 4.20. The molecule has 0 radical (unpaired) electrons. The zero-order valence-electron chi connectivity index (χ0n) is 4.71. The highest BCUT2D eigenvalue weighted by Gasteiger charge is 2.05. The van der Waals surface area contributed by atoms with Crippen molar-refractivity contribution >= 4 is 22.9 Å². The van der Waals surface area contributed by atoms with E-state index in [-0.39, 0.29) is 0 Å². The van der Waals surface area contributed by atoms with Crippen LogP contribution < -0.4 is 0 Å². The van der Waals surface area contributed by atoms with E-state index in [9.17, 15) is 0 Å². The molecule has 1 heterocycles. The molecule has 1 rings (SSSR count). The van der Waals surface area contributed by atoms with E-state index >= 15 is 0 Å². The largest absolute Gasteiger partial charge is 0.386 e. The summed E-state index contributed by atoms with van der Waals surface area (Å²) in [6.45, 7) is 1.62. The van der Waals surface area contributed by atoms with Gasteiger partial charge in [-0.2, -0.15) is 0 Å². The SMILES string of the molecule is CC(O)c1nnc(Cl)s1. The molecule has 0 saturated carbocycles. The smallest absolute Gasteiger partial charge is 0.207 e. The zero-order chi connectivity index (χ0) is 6.85. The van der Waals surface area contributed by atoms with Gasteiger partial charge in [-0.3, -0.25) is 0 Å². The van der Waals surface area contributed by atoms with Crippen LogP contribution in [-0.2, 0) is 0 Å². The molecule has 0 aliphatic carbocycles. The normalized spacial score (nSPS) is 13.7. The summed E-state index contributed by atoms with van der Waals surface area (Å²) in [5, 5.41) is 16.6. The van der Waals surface area contributed by atoms with Gasteiger partial charge in [0.15, 0.2) is 0 Å². The first kappa shape index (κ1) is 6.92. The van der Waals surface area contributed by atoms with Crippen molar-refractivity contribution in [3.05, 3.63) is 9.47 Å². The lowest BCUT2D eigenvalue weighted by Crippen LogP contribution is -1.88. The molecule has 0 bridgehead atoms. The molecule has 1 unspecified atom stereocenters. The second kappa shape index (κ2) is 2.60. The van der Waals surface area contributed by atoms with Crippen molar-refractivity contribution < 1.29 is 5.11 Å². The molecule has 5 heteroatoms. The molecular weight excluding hydrogens is 160 g/mol. The van der Waals surface area contributed by atoms with Gasteiger partial charge < -0.3 is 5.11 Å². The fourth-order valence-corrected chi connectivity index (χ4v) is 1.17.